The highest BCUT2D eigenvalue weighted by Gasteiger charge is 2.52. The second-order valence-electron chi connectivity index (χ2n) is 15.9. The van der Waals surface area contributed by atoms with E-state index in [2.05, 4.69) is 206 Å². The van der Waals surface area contributed by atoms with E-state index in [9.17, 15) is 0 Å². The van der Waals surface area contributed by atoms with Gasteiger partial charge in [0.05, 0.1) is 5.41 Å². The van der Waals surface area contributed by atoms with Crippen molar-refractivity contribution in [2.24, 2.45) is 0 Å². The summed E-state index contributed by atoms with van der Waals surface area (Å²) >= 11 is 0. The molecule has 0 unspecified atom stereocenters. The average Bonchev–Trinajstić information content (AvgIpc) is 3.75. The summed E-state index contributed by atoms with van der Waals surface area (Å²) in [7, 11) is 0. The highest BCUT2D eigenvalue weighted by atomic mass is 14.5. The van der Waals surface area contributed by atoms with Crippen molar-refractivity contribution in [1.82, 2.24) is 0 Å². The van der Waals surface area contributed by atoms with Crippen LogP contribution >= 0.6 is 0 Å². The fourth-order valence-corrected chi connectivity index (χ4v) is 11.0. The second-order valence-corrected chi connectivity index (χ2v) is 15.9. The smallest absolute Gasteiger partial charge is 0.0619 e. The molecule has 0 atom stereocenters. The molecular formula is C57H34. The van der Waals surface area contributed by atoms with Crippen LogP contribution < -0.4 is 0 Å². The maximum atomic E-state index is 2.56. The Balaban J connectivity index is 1.16. The van der Waals surface area contributed by atoms with E-state index in [-0.39, 0.29) is 0 Å². The molecule has 11 aromatic rings. The third-order valence-electron chi connectivity index (χ3n) is 13.2. The molecule has 0 bridgehead atoms. The Kier molecular flexibility index (Phi) is 6.19. The molecule has 0 amide bonds. The fraction of sp³-hybridized carbons (Fsp3) is 0.0175. The number of hydrogen-bond donors (Lipinski definition) is 0. The van der Waals surface area contributed by atoms with E-state index in [0.29, 0.717) is 0 Å². The minimum atomic E-state index is -0.502. The fourth-order valence-electron chi connectivity index (χ4n) is 11.0. The van der Waals surface area contributed by atoms with Crippen LogP contribution in [0.4, 0.5) is 0 Å². The van der Waals surface area contributed by atoms with Crippen molar-refractivity contribution in [1.29, 1.82) is 0 Å². The molecule has 0 saturated heterocycles. The highest BCUT2D eigenvalue weighted by Crippen LogP contribution is 2.65. The van der Waals surface area contributed by atoms with Crippen molar-refractivity contribution in [2.75, 3.05) is 0 Å². The molecule has 0 aliphatic heterocycles. The van der Waals surface area contributed by atoms with Gasteiger partial charge in [-0.05, 0) is 133 Å². The van der Waals surface area contributed by atoms with Gasteiger partial charge in [-0.2, -0.15) is 0 Å². The first-order chi connectivity index (χ1) is 28.3. The molecule has 0 heteroatoms. The Bertz CT molecular complexity index is 3480. The van der Waals surface area contributed by atoms with Gasteiger partial charge in [-0.3, -0.25) is 0 Å². The summed E-state index contributed by atoms with van der Waals surface area (Å²) in [6.07, 6.45) is 0. The van der Waals surface area contributed by atoms with Crippen LogP contribution in [0.5, 0.6) is 0 Å². The minimum absolute atomic E-state index is 0.502. The van der Waals surface area contributed by atoms with Gasteiger partial charge in [0.25, 0.3) is 0 Å². The minimum Gasteiger partial charge on any atom is -0.0619 e. The third-order valence-corrected chi connectivity index (χ3v) is 13.2. The molecule has 0 fully saturated rings. The highest BCUT2D eigenvalue weighted by molar-refractivity contribution is 6.20. The van der Waals surface area contributed by atoms with Crippen LogP contribution in [0, 0.1) is 0 Å². The summed E-state index contributed by atoms with van der Waals surface area (Å²) in [5, 5.41) is 12.8. The molecule has 0 nitrogen and oxygen atoms in total. The molecule has 0 aromatic heterocycles. The number of rotatable bonds is 2. The van der Waals surface area contributed by atoms with E-state index in [1.165, 1.54) is 121 Å². The van der Waals surface area contributed by atoms with Crippen molar-refractivity contribution in [3.63, 3.8) is 0 Å². The molecule has 0 radical (unpaired) electrons. The summed E-state index contributed by atoms with van der Waals surface area (Å²) < 4.78 is 0. The maximum Gasteiger partial charge on any atom is 0.0731 e. The number of hydrogen-bond acceptors (Lipinski definition) is 0. The van der Waals surface area contributed by atoms with Crippen LogP contribution in [-0.4, -0.2) is 0 Å². The van der Waals surface area contributed by atoms with E-state index < -0.39 is 5.41 Å². The van der Waals surface area contributed by atoms with Gasteiger partial charge in [0, 0.05) is 0 Å². The Labute approximate surface area is 330 Å². The van der Waals surface area contributed by atoms with Gasteiger partial charge in [0.2, 0.25) is 0 Å². The topological polar surface area (TPSA) is 0 Å². The van der Waals surface area contributed by atoms with E-state index in [1.54, 1.807) is 0 Å². The lowest BCUT2D eigenvalue weighted by molar-refractivity contribution is 0.801. The summed E-state index contributed by atoms with van der Waals surface area (Å²) in [6.45, 7) is 0. The molecule has 0 N–H and O–H groups in total. The zero-order valence-corrected chi connectivity index (χ0v) is 31.1. The van der Waals surface area contributed by atoms with Gasteiger partial charge in [-0.25, -0.2) is 0 Å². The van der Waals surface area contributed by atoms with Crippen LogP contribution in [0.1, 0.15) is 22.3 Å². The molecule has 0 saturated carbocycles. The first-order valence-electron chi connectivity index (χ1n) is 20.0. The number of benzene rings is 11. The van der Waals surface area contributed by atoms with Gasteiger partial charge in [-0.15, -0.1) is 0 Å². The normalized spacial score (nSPS) is 13.4. The lowest BCUT2D eigenvalue weighted by atomic mass is 9.69. The third kappa shape index (κ3) is 4.02. The lowest BCUT2D eigenvalue weighted by Crippen LogP contribution is -2.26. The van der Waals surface area contributed by atoms with Crippen molar-refractivity contribution in [3.05, 3.63) is 229 Å². The molecule has 262 valence electrons. The van der Waals surface area contributed by atoms with Gasteiger partial charge < -0.3 is 0 Å². The summed E-state index contributed by atoms with van der Waals surface area (Å²) in [5.74, 6) is 0. The Morgan fingerprint density at radius 2 is 0.772 bits per heavy atom. The van der Waals surface area contributed by atoms with Gasteiger partial charge in [0.1, 0.15) is 0 Å². The van der Waals surface area contributed by atoms with Gasteiger partial charge in [0.15, 0.2) is 0 Å². The lowest BCUT2D eigenvalue weighted by Gasteiger charge is -2.32. The average molecular weight is 719 g/mol. The van der Waals surface area contributed by atoms with Gasteiger partial charge in [-0.1, -0.05) is 194 Å². The molecule has 2 aliphatic carbocycles. The van der Waals surface area contributed by atoms with Gasteiger partial charge >= 0.3 is 0 Å². The largest absolute Gasteiger partial charge is 0.0731 e. The Morgan fingerprint density at radius 1 is 0.246 bits per heavy atom. The molecule has 0 heterocycles. The quantitative estimate of drug-likeness (QED) is 0.123. The van der Waals surface area contributed by atoms with Crippen molar-refractivity contribution < 1.29 is 0 Å². The van der Waals surface area contributed by atoms with Crippen molar-refractivity contribution in [3.8, 4) is 44.5 Å². The van der Waals surface area contributed by atoms with E-state index in [0.717, 1.165) is 0 Å². The van der Waals surface area contributed by atoms with Crippen LogP contribution in [0.2, 0.25) is 0 Å². The SMILES string of the molecule is c1ccc2c(c1)-c1ccccc1C21c2cc(-c3c4ccccc4cc4c3ccc3ccccc34)ccc2-c2ccc3c(-c4cccc5ccccc45)cccc3c21. The van der Waals surface area contributed by atoms with E-state index in [4.69, 9.17) is 0 Å². The predicted molar refractivity (Wildman–Crippen MR) is 241 cm³/mol. The summed E-state index contributed by atoms with van der Waals surface area (Å²) in [5.41, 5.74) is 15.3. The zero-order valence-electron chi connectivity index (χ0n) is 31.1. The first-order valence-corrected chi connectivity index (χ1v) is 20.0. The van der Waals surface area contributed by atoms with Crippen LogP contribution in [0.3, 0.4) is 0 Å². The van der Waals surface area contributed by atoms with Crippen LogP contribution in [0.15, 0.2) is 206 Å². The number of fused-ring (bicyclic) bond motifs is 17. The molecule has 2 aliphatic rings. The maximum absolute atomic E-state index is 2.56. The molecule has 57 heavy (non-hydrogen) atoms. The van der Waals surface area contributed by atoms with E-state index in [1.807, 2.05) is 0 Å². The molecule has 13 rings (SSSR count). The Morgan fingerprint density at radius 3 is 1.56 bits per heavy atom. The van der Waals surface area contributed by atoms with Crippen molar-refractivity contribution >= 4 is 53.9 Å². The first kappa shape index (κ1) is 31.0. The molecular weight excluding hydrogens is 685 g/mol. The van der Waals surface area contributed by atoms with E-state index >= 15 is 0 Å². The predicted octanol–water partition coefficient (Wildman–Crippen LogP) is 15.1. The van der Waals surface area contributed by atoms with Crippen LogP contribution in [-0.2, 0) is 5.41 Å². The standard InChI is InChI=1S/C57H34/c1-4-17-39-35(13-1)16-11-22-42(39)43-23-12-24-49-44(43)31-32-50-47-29-28-38(34-54(47)57(56(49)50)52-25-9-7-20-45(52)46-21-8-10-26-53(46)57)55-41-19-6-3-15-37(41)33-51-40-18-5-2-14-36(40)27-30-48(51)55/h1-34H. The molecule has 1 spiro atoms. The van der Waals surface area contributed by atoms with Crippen molar-refractivity contribution in [2.45, 2.75) is 5.41 Å². The zero-order chi connectivity index (χ0) is 37.2. The summed E-state index contributed by atoms with van der Waals surface area (Å²) in [4.78, 5) is 0. The Hall–Kier alpha value is -7.28. The summed E-state index contributed by atoms with van der Waals surface area (Å²) in [6, 6.07) is 77.8. The monoisotopic (exact) mass is 718 g/mol. The molecule has 11 aromatic carbocycles. The second kappa shape index (κ2) is 11.4. The van der Waals surface area contributed by atoms with Crippen LogP contribution in [0.25, 0.3) is 98.4 Å².